The maximum Gasteiger partial charge on any atom is 0.262 e. The molecule has 152 valence electrons. The molecule has 0 bridgehead atoms. The number of amides is 1. The Kier molecular flexibility index (Phi) is 7.41. The molecule has 1 aliphatic carbocycles. The molecule has 1 heterocycles. The Morgan fingerprint density at radius 2 is 2.00 bits per heavy atom. The minimum atomic E-state index is -0.0814. The SMILES string of the molecule is CC(C)Cn1c(SCC(=O)NC2CCCCCC2)nc2cc(Cl)ccc2c1=O. The summed E-state index contributed by atoms with van der Waals surface area (Å²) in [4.78, 5) is 30.1. The first-order valence-corrected chi connectivity index (χ1v) is 11.4. The zero-order chi connectivity index (χ0) is 20.1. The molecule has 0 saturated heterocycles. The van der Waals surface area contributed by atoms with Crippen molar-refractivity contribution < 1.29 is 4.79 Å². The third-order valence-corrected chi connectivity index (χ3v) is 6.19. The van der Waals surface area contributed by atoms with Crippen LogP contribution in [-0.2, 0) is 11.3 Å². The average molecular weight is 422 g/mol. The third kappa shape index (κ3) is 5.51. The molecule has 1 aromatic carbocycles. The molecule has 0 atom stereocenters. The Hall–Kier alpha value is -1.53. The molecule has 0 aliphatic heterocycles. The molecule has 1 amide bonds. The van der Waals surface area contributed by atoms with Gasteiger partial charge < -0.3 is 5.32 Å². The topological polar surface area (TPSA) is 64.0 Å². The smallest absolute Gasteiger partial charge is 0.262 e. The van der Waals surface area contributed by atoms with Gasteiger partial charge in [-0.15, -0.1) is 0 Å². The predicted octanol–water partition coefficient (Wildman–Crippen LogP) is 4.64. The Labute approximate surface area is 175 Å². The van der Waals surface area contributed by atoms with Gasteiger partial charge in [0.2, 0.25) is 5.91 Å². The van der Waals surface area contributed by atoms with Crippen LogP contribution in [-0.4, -0.2) is 27.3 Å². The van der Waals surface area contributed by atoms with Gasteiger partial charge in [-0.2, -0.15) is 0 Å². The number of carbonyl (C=O) groups is 1. The lowest BCUT2D eigenvalue weighted by Crippen LogP contribution is -2.35. The minimum Gasteiger partial charge on any atom is -0.353 e. The van der Waals surface area contributed by atoms with E-state index in [9.17, 15) is 9.59 Å². The maximum atomic E-state index is 13.0. The first-order chi connectivity index (χ1) is 13.4. The molecule has 3 rings (SSSR count). The molecule has 5 nitrogen and oxygen atoms in total. The molecular weight excluding hydrogens is 394 g/mol. The van der Waals surface area contributed by atoms with E-state index in [-0.39, 0.29) is 23.3 Å². The second-order valence-electron chi connectivity index (χ2n) is 7.91. The number of aromatic nitrogens is 2. The van der Waals surface area contributed by atoms with Crippen molar-refractivity contribution in [2.24, 2.45) is 5.92 Å². The standard InChI is InChI=1S/C21H28ClN3O2S/c1-14(2)12-25-20(27)17-10-9-15(22)11-18(17)24-21(25)28-13-19(26)23-16-7-5-3-4-6-8-16/h9-11,14,16H,3-8,12-13H2,1-2H3,(H,23,26). The summed E-state index contributed by atoms with van der Waals surface area (Å²) in [6.45, 7) is 4.69. The van der Waals surface area contributed by atoms with Gasteiger partial charge in [-0.25, -0.2) is 4.98 Å². The number of nitrogens with one attached hydrogen (secondary N) is 1. The number of hydrogen-bond donors (Lipinski definition) is 1. The number of nitrogens with zero attached hydrogens (tertiary/aromatic N) is 2. The van der Waals surface area contributed by atoms with E-state index in [1.165, 1.54) is 37.4 Å². The van der Waals surface area contributed by atoms with Crippen LogP contribution in [0.4, 0.5) is 0 Å². The van der Waals surface area contributed by atoms with Crippen LogP contribution in [0.25, 0.3) is 10.9 Å². The van der Waals surface area contributed by atoms with E-state index in [0.29, 0.717) is 33.5 Å². The maximum absolute atomic E-state index is 13.0. The van der Waals surface area contributed by atoms with Gasteiger partial charge >= 0.3 is 0 Å². The van der Waals surface area contributed by atoms with Gasteiger partial charge in [0.15, 0.2) is 5.16 Å². The largest absolute Gasteiger partial charge is 0.353 e. The van der Waals surface area contributed by atoms with Crippen molar-refractivity contribution in [2.75, 3.05) is 5.75 Å². The highest BCUT2D eigenvalue weighted by molar-refractivity contribution is 7.99. The van der Waals surface area contributed by atoms with Crippen LogP contribution < -0.4 is 10.9 Å². The lowest BCUT2D eigenvalue weighted by atomic mass is 10.1. The zero-order valence-corrected chi connectivity index (χ0v) is 18.1. The van der Waals surface area contributed by atoms with Crippen molar-refractivity contribution in [1.82, 2.24) is 14.9 Å². The molecule has 2 aromatic rings. The van der Waals surface area contributed by atoms with Gasteiger partial charge in [0.1, 0.15) is 0 Å². The second-order valence-corrected chi connectivity index (χ2v) is 9.29. The number of rotatable bonds is 6. The number of hydrogen-bond acceptors (Lipinski definition) is 4. The number of fused-ring (bicyclic) bond motifs is 1. The van der Waals surface area contributed by atoms with E-state index >= 15 is 0 Å². The van der Waals surface area contributed by atoms with E-state index in [1.54, 1.807) is 22.8 Å². The Morgan fingerprint density at radius 1 is 1.29 bits per heavy atom. The summed E-state index contributed by atoms with van der Waals surface area (Å²) in [7, 11) is 0. The zero-order valence-electron chi connectivity index (χ0n) is 16.5. The predicted molar refractivity (Wildman–Crippen MR) is 116 cm³/mol. The van der Waals surface area contributed by atoms with Crippen LogP contribution in [0.3, 0.4) is 0 Å². The highest BCUT2D eigenvalue weighted by Crippen LogP contribution is 2.22. The molecule has 1 saturated carbocycles. The first kappa shape index (κ1) is 21.2. The fraction of sp³-hybridized carbons (Fsp3) is 0.571. The summed E-state index contributed by atoms with van der Waals surface area (Å²) < 4.78 is 1.69. The molecule has 7 heteroatoms. The van der Waals surface area contributed by atoms with E-state index < -0.39 is 0 Å². The Morgan fingerprint density at radius 3 is 2.68 bits per heavy atom. The fourth-order valence-corrected chi connectivity index (χ4v) is 4.62. The highest BCUT2D eigenvalue weighted by atomic mass is 35.5. The monoisotopic (exact) mass is 421 g/mol. The summed E-state index contributed by atoms with van der Waals surface area (Å²) in [6.07, 6.45) is 6.98. The lowest BCUT2D eigenvalue weighted by molar-refractivity contribution is -0.119. The van der Waals surface area contributed by atoms with Crippen molar-refractivity contribution in [1.29, 1.82) is 0 Å². The lowest BCUT2D eigenvalue weighted by Gasteiger charge is -2.17. The van der Waals surface area contributed by atoms with Crippen LogP contribution in [0.2, 0.25) is 5.02 Å². The van der Waals surface area contributed by atoms with E-state index in [4.69, 9.17) is 11.6 Å². The van der Waals surface area contributed by atoms with Crippen molar-refractivity contribution in [3.63, 3.8) is 0 Å². The molecule has 1 aromatic heterocycles. The van der Waals surface area contributed by atoms with Gasteiger partial charge in [-0.3, -0.25) is 14.2 Å². The van der Waals surface area contributed by atoms with Crippen molar-refractivity contribution in [2.45, 2.75) is 70.1 Å². The summed E-state index contributed by atoms with van der Waals surface area (Å²) in [5, 5.41) is 4.83. The highest BCUT2D eigenvalue weighted by Gasteiger charge is 2.17. The molecule has 1 fully saturated rings. The van der Waals surface area contributed by atoms with Crippen molar-refractivity contribution in [3.8, 4) is 0 Å². The molecule has 1 aliphatic rings. The Bertz CT molecular complexity index is 889. The molecule has 0 radical (unpaired) electrons. The summed E-state index contributed by atoms with van der Waals surface area (Å²) in [5.41, 5.74) is 0.492. The quantitative estimate of drug-likeness (QED) is 0.419. The summed E-state index contributed by atoms with van der Waals surface area (Å²) in [6, 6.07) is 5.40. The summed E-state index contributed by atoms with van der Waals surface area (Å²) >= 11 is 7.40. The minimum absolute atomic E-state index is 0.00781. The van der Waals surface area contributed by atoms with Crippen LogP contribution in [0.1, 0.15) is 52.4 Å². The number of carbonyl (C=O) groups excluding carboxylic acids is 1. The van der Waals surface area contributed by atoms with Gasteiger partial charge in [-0.1, -0.05) is 62.9 Å². The summed E-state index contributed by atoms with van der Waals surface area (Å²) in [5.74, 6) is 0.560. The average Bonchev–Trinajstić information content (AvgIpc) is 2.91. The third-order valence-electron chi connectivity index (χ3n) is 4.98. The normalized spacial score (nSPS) is 15.7. The number of halogens is 1. The van der Waals surface area contributed by atoms with Crippen LogP contribution in [0.15, 0.2) is 28.2 Å². The fourth-order valence-electron chi connectivity index (χ4n) is 3.63. The number of benzene rings is 1. The van der Waals surface area contributed by atoms with Crippen LogP contribution in [0.5, 0.6) is 0 Å². The molecule has 0 unspecified atom stereocenters. The van der Waals surface area contributed by atoms with Crippen LogP contribution in [0, 0.1) is 5.92 Å². The van der Waals surface area contributed by atoms with E-state index in [1.807, 2.05) is 0 Å². The van der Waals surface area contributed by atoms with Gasteiger partial charge in [0.05, 0.1) is 16.7 Å². The van der Waals surface area contributed by atoms with Gasteiger partial charge in [-0.05, 0) is 37.0 Å². The molecule has 28 heavy (non-hydrogen) atoms. The Balaban J connectivity index is 1.78. The number of thioether (sulfide) groups is 1. The van der Waals surface area contributed by atoms with Gasteiger partial charge in [0, 0.05) is 17.6 Å². The van der Waals surface area contributed by atoms with E-state index in [2.05, 4.69) is 24.1 Å². The molecule has 0 spiro atoms. The van der Waals surface area contributed by atoms with Gasteiger partial charge in [0.25, 0.3) is 5.56 Å². The second kappa shape index (κ2) is 9.79. The van der Waals surface area contributed by atoms with Crippen molar-refractivity contribution >= 4 is 40.2 Å². The first-order valence-electron chi connectivity index (χ1n) is 10.1. The van der Waals surface area contributed by atoms with E-state index in [0.717, 1.165) is 12.8 Å². The molecule has 1 N–H and O–H groups in total. The van der Waals surface area contributed by atoms with Crippen molar-refractivity contribution in [3.05, 3.63) is 33.6 Å². The molecular formula is C21H28ClN3O2S. The van der Waals surface area contributed by atoms with Crippen LogP contribution >= 0.6 is 23.4 Å².